The van der Waals surface area contributed by atoms with Crippen LogP contribution in [0, 0.1) is 0 Å². The third-order valence-corrected chi connectivity index (χ3v) is 12.1. The van der Waals surface area contributed by atoms with E-state index < -0.39 is 20.0 Å². The first kappa shape index (κ1) is 63.2. The fourth-order valence-corrected chi connectivity index (χ4v) is 7.69. The Bertz CT molecular complexity index is 1410. The van der Waals surface area contributed by atoms with Crippen molar-refractivity contribution in [2.24, 2.45) is 0 Å². The van der Waals surface area contributed by atoms with Crippen LogP contribution in [0.25, 0.3) is 0 Å². The van der Waals surface area contributed by atoms with Gasteiger partial charge in [0.25, 0.3) is 0 Å². The monoisotopic (exact) mass is 944 g/mol. The first-order chi connectivity index (χ1) is 31.9. The van der Waals surface area contributed by atoms with E-state index in [2.05, 4.69) is 99.0 Å². The molecule has 2 N–H and O–H groups in total. The van der Waals surface area contributed by atoms with E-state index in [9.17, 15) is 19.0 Å². The minimum absolute atomic E-state index is 0.0263. The van der Waals surface area contributed by atoms with Gasteiger partial charge >= 0.3 is 13.8 Å². The van der Waals surface area contributed by atoms with E-state index in [0.29, 0.717) is 23.9 Å². The summed E-state index contributed by atoms with van der Waals surface area (Å²) in [6, 6.07) is -0.877. The number of esters is 1. The average Bonchev–Trinajstić information content (AvgIpc) is 3.27. The number of nitrogens with zero attached hydrogens (tertiary/aromatic N) is 1. The van der Waals surface area contributed by atoms with Crippen molar-refractivity contribution in [2.45, 2.75) is 219 Å². The molecule has 0 bridgehead atoms. The Morgan fingerprint density at radius 2 is 1.00 bits per heavy atom. The maximum atomic E-state index is 13.4. The van der Waals surface area contributed by atoms with Crippen LogP contribution in [0.15, 0.2) is 85.1 Å². The van der Waals surface area contributed by atoms with Gasteiger partial charge in [-0.15, -0.1) is 0 Å². The smallest absolute Gasteiger partial charge is 0.456 e. The van der Waals surface area contributed by atoms with Gasteiger partial charge in [-0.05, 0) is 89.5 Å². The number of carbonyl (C=O) groups is 2. The Kier molecular flexibility index (Phi) is 44.0. The molecular formula is C56H100N2O7P+. The van der Waals surface area contributed by atoms with Crippen LogP contribution in [0.4, 0.5) is 0 Å². The maximum absolute atomic E-state index is 13.4. The lowest BCUT2D eigenvalue weighted by Crippen LogP contribution is -2.47. The number of ether oxygens (including phenoxy) is 1. The van der Waals surface area contributed by atoms with Gasteiger partial charge in [0.2, 0.25) is 5.91 Å². The topological polar surface area (TPSA) is 111 Å². The number of rotatable bonds is 46. The summed E-state index contributed by atoms with van der Waals surface area (Å²) in [5.41, 5.74) is 0. The lowest BCUT2D eigenvalue weighted by molar-refractivity contribution is -0.870. The number of nitrogens with one attached hydrogen (secondary N) is 1. The second-order valence-corrected chi connectivity index (χ2v) is 20.1. The molecule has 0 rings (SSSR count). The molecular weight excluding hydrogens is 844 g/mol. The number of likely N-dealkylation sites (N-methyl/N-ethyl adjacent to an activating group) is 1. The van der Waals surface area contributed by atoms with E-state index in [0.717, 1.165) is 103 Å². The first-order valence-electron chi connectivity index (χ1n) is 26.4. The minimum atomic E-state index is -4.46. The third kappa shape index (κ3) is 46.3. The van der Waals surface area contributed by atoms with Crippen molar-refractivity contribution in [1.82, 2.24) is 5.32 Å². The summed E-state index contributed by atoms with van der Waals surface area (Å²) in [7, 11) is 1.45. The highest BCUT2D eigenvalue weighted by atomic mass is 31.2. The Hall–Kier alpha value is -2.81. The van der Waals surface area contributed by atoms with Crippen LogP contribution < -0.4 is 5.32 Å². The van der Waals surface area contributed by atoms with Gasteiger partial charge in [0.05, 0.1) is 33.8 Å². The lowest BCUT2D eigenvalue weighted by atomic mass is 10.0. The second-order valence-electron chi connectivity index (χ2n) is 18.7. The molecule has 3 atom stereocenters. The van der Waals surface area contributed by atoms with E-state index in [1.54, 1.807) is 0 Å². The van der Waals surface area contributed by atoms with Crippen molar-refractivity contribution < 1.29 is 37.3 Å². The predicted molar refractivity (Wildman–Crippen MR) is 281 cm³/mol. The zero-order chi connectivity index (χ0) is 48.7. The number of phosphoric acid groups is 1. The molecule has 0 saturated carbocycles. The summed E-state index contributed by atoms with van der Waals surface area (Å²) in [6.07, 6.45) is 58.7. The summed E-state index contributed by atoms with van der Waals surface area (Å²) in [6.45, 7) is 6.78. The van der Waals surface area contributed by atoms with E-state index in [4.69, 9.17) is 13.8 Å². The molecule has 0 radical (unpaired) electrons. The Balaban J connectivity index is 5.52. The van der Waals surface area contributed by atoms with Gasteiger partial charge in [0.1, 0.15) is 19.3 Å². The fourth-order valence-electron chi connectivity index (χ4n) is 6.95. The van der Waals surface area contributed by atoms with Crippen LogP contribution in [0.5, 0.6) is 0 Å². The van der Waals surface area contributed by atoms with Crippen molar-refractivity contribution in [1.29, 1.82) is 0 Å². The molecule has 66 heavy (non-hydrogen) atoms. The highest BCUT2D eigenvalue weighted by Gasteiger charge is 2.30. The van der Waals surface area contributed by atoms with Gasteiger partial charge < -0.3 is 19.4 Å². The molecule has 0 aromatic carbocycles. The Morgan fingerprint density at radius 1 is 0.545 bits per heavy atom. The molecule has 0 aliphatic rings. The largest absolute Gasteiger partial charge is 0.472 e. The van der Waals surface area contributed by atoms with Crippen molar-refractivity contribution >= 4 is 19.7 Å². The van der Waals surface area contributed by atoms with E-state index in [-0.39, 0.29) is 31.5 Å². The highest BCUT2D eigenvalue weighted by Crippen LogP contribution is 2.43. The fraction of sp³-hybridized carbons (Fsp3) is 0.714. The van der Waals surface area contributed by atoms with Gasteiger partial charge in [0.15, 0.2) is 0 Å². The lowest BCUT2D eigenvalue weighted by Gasteiger charge is -2.27. The van der Waals surface area contributed by atoms with Gasteiger partial charge in [-0.2, -0.15) is 0 Å². The number of unbranched alkanes of at least 4 members (excludes halogenated alkanes) is 18. The molecule has 0 heterocycles. The predicted octanol–water partition coefficient (Wildman–Crippen LogP) is 15.5. The third-order valence-electron chi connectivity index (χ3n) is 11.1. The van der Waals surface area contributed by atoms with Crippen LogP contribution >= 0.6 is 7.82 Å². The molecule has 0 saturated heterocycles. The zero-order valence-electron chi connectivity index (χ0n) is 43.2. The number of hydrogen-bond acceptors (Lipinski definition) is 6. The molecule has 0 aromatic heterocycles. The normalized spacial score (nSPS) is 14.6. The summed E-state index contributed by atoms with van der Waals surface area (Å²) < 4.78 is 30.4. The number of phosphoric ester groups is 1. The molecule has 3 unspecified atom stereocenters. The van der Waals surface area contributed by atoms with Crippen molar-refractivity contribution in [3.63, 3.8) is 0 Å². The summed E-state index contributed by atoms with van der Waals surface area (Å²) >= 11 is 0. The SMILES string of the molecule is CC/C=C\C/C=C\C/C=C\C/C=C\C/C=C\CCCC(=O)OC(/C=C\CCCCCCCCCCCC)C(COP(=O)(O)OCC[N+](C)(C)C)NC(=O)CCCCCCC/C=C\CCCC. The molecule has 380 valence electrons. The molecule has 0 spiro atoms. The van der Waals surface area contributed by atoms with Crippen molar-refractivity contribution in [2.75, 3.05) is 40.9 Å². The number of amides is 1. The van der Waals surface area contributed by atoms with Gasteiger partial charge in [-0.25, -0.2) is 4.57 Å². The molecule has 0 aromatic rings. The van der Waals surface area contributed by atoms with E-state index >= 15 is 0 Å². The second kappa shape index (κ2) is 45.9. The van der Waals surface area contributed by atoms with Gasteiger partial charge in [-0.1, -0.05) is 190 Å². The van der Waals surface area contributed by atoms with Crippen LogP contribution in [0.2, 0.25) is 0 Å². The molecule has 9 nitrogen and oxygen atoms in total. The number of allylic oxidation sites excluding steroid dienone is 13. The molecule has 10 heteroatoms. The minimum Gasteiger partial charge on any atom is -0.456 e. The summed E-state index contributed by atoms with van der Waals surface area (Å²) in [4.78, 5) is 37.4. The number of quaternary nitrogens is 1. The Morgan fingerprint density at radius 3 is 1.55 bits per heavy atom. The molecule has 1 amide bonds. The van der Waals surface area contributed by atoms with Gasteiger partial charge in [-0.3, -0.25) is 18.6 Å². The van der Waals surface area contributed by atoms with Crippen LogP contribution in [0.3, 0.4) is 0 Å². The zero-order valence-corrected chi connectivity index (χ0v) is 44.1. The standard InChI is InChI=1S/C56H99N2O7P/c1-7-10-13-16-19-22-25-27-28-29-30-31-34-37-40-43-46-49-56(60)65-54(47-44-41-38-35-33-26-23-20-17-14-11-8-2)53(52-64-66(61,62)63-51-50-58(4,5)6)57-55(59)48-45-42-39-36-32-24-21-18-15-12-9-3/h10,13,18-19,21-22,27-28,30-31,37,40,44,47,53-54H,7-9,11-12,14-17,20,23-26,29,32-36,38-39,41-43,45-46,48-52H2,1-6H3,(H-,57,59,61,62)/p+1/b13-10-,21-18-,22-19-,28-27-,31-30-,40-37-,47-44-. The van der Waals surface area contributed by atoms with Crippen molar-refractivity contribution in [3.05, 3.63) is 85.1 Å². The van der Waals surface area contributed by atoms with Crippen LogP contribution in [-0.2, 0) is 27.9 Å². The van der Waals surface area contributed by atoms with E-state index in [1.165, 1.54) is 64.2 Å². The summed E-state index contributed by atoms with van der Waals surface area (Å²) in [5.74, 6) is -0.592. The Labute approximate surface area is 406 Å². The van der Waals surface area contributed by atoms with Gasteiger partial charge in [0, 0.05) is 12.8 Å². The molecule has 0 aliphatic carbocycles. The average molecular weight is 944 g/mol. The van der Waals surface area contributed by atoms with Crippen LogP contribution in [-0.4, -0.2) is 74.3 Å². The number of carbonyl (C=O) groups excluding carboxylic acids is 2. The first-order valence-corrected chi connectivity index (χ1v) is 27.9. The quantitative estimate of drug-likeness (QED) is 0.0206. The summed E-state index contributed by atoms with van der Waals surface area (Å²) in [5, 5.41) is 3.01. The van der Waals surface area contributed by atoms with Crippen LogP contribution in [0.1, 0.15) is 207 Å². The van der Waals surface area contributed by atoms with Crippen molar-refractivity contribution in [3.8, 4) is 0 Å². The molecule has 0 aliphatic heterocycles. The highest BCUT2D eigenvalue weighted by molar-refractivity contribution is 7.47. The molecule has 0 fully saturated rings. The van der Waals surface area contributed by atoms with E-state index in [1.807, 2.05) is 33.3 Å². The number of hydrogen-bond donors (Lipinski definition) is 2. The maximum Gasteiger partial charge on any atom is 0.472 e.